The lowest BCUT2D eigenvalue weighted by molar-refractivity contribution is 0.304. The third kappa shape index (κ3) is 2.64. The van der Waals surface area contributed by atoms with E-state index in [1.807, 2.05) is 0 Å². The monoisotopic (exact) mass is 295 g/mol. The second kappa shape index (κ2) is 6.53. The van der Waals surface area contributed by atoms with Gasteiger partial charge in [-0.15, -0.1) is 0 Å². The SMILES string of the molecule is C.c1ccc2c(c1)COc1ccccc1C2C1CCNCC1. The molecule has 2 nitrogen and oxygen atoms in total. The van der Waals surface area contributed by atoms with Crippen LogP contribution in [-0.4, -0.2) is 13.1 Å². The molecular formula is C20H25NO. The Morgan fingerprint density at radius 2 is 1.55 bits per heavy atom. The van der Waals surface area contributed by atoms with Gasteiger partial charge in [0, 0.05) is 11.5 Å². The number of piperidine rings is 1. The van der Waals surface area contributed by atoms with E-state index >= 15 is 0 Å². The summed E-state index contributed by atoms with van der Waals surface area (Å²) in [6, 6.07) is 17.4. The minimum atomic E-state index is 0. The van der Waals surface area contributed by atoms with Crippen molar-refractivity contribution in [3.8, 4) is 5.75 Å². The van der Waals surface area contributed by atoms with Crippen LogP contribution in [0.3, 0.4) is 0 Å². The van der Waals surface area contributed by atoms with Crippen LogP contribution in [0.25, 0.3) is 0 Å². The van der Waals surface area contributed by atoms with Gasteiger partial charge in [0.2, 0.25) is 0 Å². The highest BCUT2D eigenvalue weighted by atomic mass is 16.5. The molecule has 22 heavy (non-hydrogen) atoms. The maximum absolute atomic E-state index is 6.08. The molecule has 4 rings (SSSR count). The molecule has 0 saturated carbocycles. The van der Waals surface area contributed by atoms with Crippen LogP contribution in [0.15, 0.2) is 48.5 Å². The molecule has 116 valence electrons. The summed E-state index contributed by atoms with van der Waals surface area (Å²) in [5.74, 6) is 2.24. The summed E-state index contributed by atoms with van der Waals surface area (Å²) in [5, 5.41) is 3.49. The van der Waals surface area contributed by atoms with Gasteiger partial charge in [0.05, 0.1) is 0 Å². The first-order valence-electron chi connectivity index (χ1n) is 7.94. The van der Waals surface area contributed by atoms with Gasteiger partial charge in [-0.2, -0.15) is 0 Å². The normalized spacial score (nSPS) is 20.8. The molecule has 2 aliphatic rings. The number of rotatable bonds is 1. The van der Waals surface area contributed by atoms with Gasteiger partial charge in [0.25, 0.3) is 0 Å². The van der Waals surface area contributed by atoms with Gasteiger partial charge < -0.3 is 10.1 Å². The van der Waals surface area contributed by atoms with Crippen molar-refractivity contribution >= 4 is 0 Å². The molecule has 0 spiro atoms. The molecule has 2 aromatic carbocycles. The lowest BCUT2D eigenvalue weighted by Gasteiger charge is -2.31. The molecular weight excluding hydrogens is 270 g/mol. The highest BCUT2D eigenvalue weighted by Gasteiger charge is 2.31. The number of nitrogens with one attached hydrogen (secondary N) is 1. The highest BCUT2D eigenvalue weighted by molar-refractivity contribution is 5.47. The quantitative estimate of drug-likeness (QED) is 0.844. The largest absolute Gasteiger partial charge is 0.489 e. The van der Waals surface area contributed by atoms with E-state index in [9.17, 15) is 0 Å². The Balaban J connectivity index is 0.00000144. The molecule has 0 aliphatic carbocycles. The van der Waals surface area contributed by atoms with Crippen LogP contribution >= 0.6 is 0 Å². The van der Waals surface area contributed by atoms with E-state index in [2.05, 4.69) is 53.8 Å². The number of hydrogen-bond donors (Lipinski definition) is 1. The molecule has 1 N–H and O–H groups in total. The summed E-state index contributed by atoms with van der Waals surface area (Å²) in [6.07, 6.45) is 2.49. The average Bonchev–Trinajstić information content (AvgIpc) is 2.72. The fraction of sp³-hybridized carbons (Fsp3) is 0.400. The number of para-hydroxylation sites is 1. The van der Waals surface area contributed by atoms with Crippen molar-refractivity contribution in [2.24, 2.45) is 5.92 Å². The first-order chi connectivity index (χ1) is 10.4. The predicted octanol–water partition coefficient (Wildman–Crippen LogP) is 4.35. The van der Waals surface area contributed by atoms with Crippen molar-refractivity contribution in [2.75, 3.05) is 13.1 Å². The average molecular weight is 295 g/mol. The molecule has 2 heteroatoms. The standard InChI is InChI=1S/C19H21NO.CH4/c1-2-6-16-15(5-1)13-21-18-8-4-3-7-17(18)19(16)14-9-11-20-12-10-14;/h1-8,14,19-20H,9-13H2;1H4. The Hall–Kier alpha value is -1.80. The highest BCUT2D eigenvalue weighted by Crippen LogP contribution is 2.44. The van der Waals surface area contributed by atoms with Crippen LogP contribution in [0.2, 0.25) is 0 Å². The second-order valence-electron chi connectivity index (χ2n) is 6.09. The van der Waals surface area contributed by atoms with Gasteiger partial charge in [0.1, 0.15) is 12.4 Å². The van der Waals surface area contributed by atoms with Gasteiger partial charge in [-0.3, -0.25) is 0 Å². The van der Waals surface area contributed by atoms with E-state index in [0.717, 1.165) is 18.8 Å². The van der Waals surface area contributed by atoms with Crippen molar-refractivity contribution in [2.45, 2.75) is 32.8 Å². The van der Waals surface area contributed by atoms with Gasteiger partial charge in [-0.05, 0) is 49.0 Å². The van der Waals surface area contributed by atoms with Crippen LogP contribution in [0.1, 0.15) is 42.9 Å². The Kier molecular flexibility index (Phi) is 4.49. The van der Waals surface area contributed by atoms with Crippen LogP contribution in [0.4, 0.5) is 0 Å². The third-order valence-corrected chi connectivity index (χ3v) is 4.88. The van der Waals surface area contributed by atoms with Crippen LogP contribution in [-0.2, 0) is 6.61 Å². The number of hydrogen-bond acceptors (Lipinski definition) is 2. The van der Waals surface area contributed by atoms with Gasteiger partial charge >= 0.3 is 0 Å². The first kappa shape index (κ1) is 15.1. The molecule has 1 unspecified atom stereocenters. The Morgan fingerprint density at radius 3 is 2.36 bits per heavy atom. The number of fused-ring (bicyclic) bond motifs is 2. The molecule has 0 amide bonds. The van der Waals surface area contributed by atoms with Gasteiger partial charge in [-0.1, -0.05) is 49.9 Å². The van der Waals surface area contributed by atoms with Crippen molar-refractivity contribution in [1.82, 2.24) is 5.32 Å². The Bertz CT molecular complexity index is 584. The van der Waals surface area contributed by atoms with Crippen LogP contribution < -0.4 is 10.1 Å². The summed E-state index contributed by atoms with van der Waals surface area (Å²) in [6.45, 7) is 2.95. The summed E-state index contributed by atoms with van der Waals surface area (Å²) in [7, 11) is 0. The fourth-order valence-corrected chi connectivity index (χ4v) is 3.85. The zero-order chi connectivity index (χ0) is 14.1. The zero-order valence-electron chi connectivity index (χ0n) is 12.2. The van der Waals surface area contributed by atoms with E-state index in [1.54, 1.807) is 0 Å². The lowest BCUT2D eigenvalue weighted by Crippen LogP contribution is -2.31. The molecule has 2 heterocycles. The number of ether oxygens (including phenoxy) is 1. The molecule has 0 aromatic heterocycles. The summed E-state index contributed by atoms with van der Waals surface area (Å²) >= 11 is 0. The van der Waals surface area contributed by atoms with E-state index in [-0.39, 0.29) is 7.43 Å². The topological polar surface area (TPSA) is 21.3 Å². The van der Waals surface area contributed by atoms with Gasteiger partial charge in [-0.25, -0.2) is 0 Å². The minimum Gasteiger partial charge on any atom is -0.489 e. The molecule has 2 aromatic rings. The molecule has 2 aliphatic heterocycles. The van der Waals surface area contributed by atoms with Crippen molar-refractivity contribution < 1.29 is 4.74 Å². The van der Waals surface area contributed by atoms with Crippen LogP contribution in [0, 0.1) is 5.92 Å². The third-order valence-electron chi connectivity index (χ3n) is 4.88. The van der Waals surface area contributed by atoms with Crippen LogP contribution in [0.5, 0.6) is 5.75 Å². The molecule has 1 atom stereocenters. The maximum Gasteiger partial charge on any atom is 0.123 e. The summed E-state index contributed by atoms with van der Waals surface area (Å²) in [5.41, 5.74) is 4.18. The first-order valence-corrected chi connectivity index (χ1v) is 7.94. The lowest BCUT2D eigenvalue weighted by atomic mass is 9.75. The van der Waals surface area contributed by atoms with Crippen molar-refractivity contribution in [1.29, 1.82) is 0 Å². The maximum atomic E-state index is 6.08. The van der Waals surface area contributed by atoms with E-state index in [4.69, 9.17) is 4.74 Å². The molecule has 0 radical (unpaired) electrons. The van der Waals surface area contributed by atoms with E-state index in [1.165, 1.54) is 29.5 Å². The van der Waals surface area contributed by atoms with Gasteiger partial charge in [0.15, 0.2) is 0 Å². The van der Waals surface area contributed by atoms with E-state index in [0.29, 0.717) is 18.4 Å². The Labute approximate surface area is 133 Å². The van der Waals surface area contributed by atoms with Crippen molar-refractivity contribution in [3.05, 3.63) is 65.2 Å². The molecule has 1 saturated heterocycles. The summed E-state index contributed by atoms with van der Waals surface area (Å²) in [4.78, 5) is 0. The van der Waals surface area contributed by atoms with E-state index < -0.39 is 0 Å². The van der Waals surface area contributed by atoms with Crippen molar-refractivity contribution in [3.63, 3.8) is 0 Å². The predicted molar refractivity (Wildman–Crippen MR) is 91.4 cm³/mol. The molecule has 1 fully saturated rings. The smallest absolute Gasteiger partial charge is 0.123 e. The number of benzene rings is 2. The molecule has 0 bridgehead atoms. The fourth-order valence-electron chi connectivity index (χ4n) is 3.85. The minimum absolute atomic E-state index is 0. The second-order valence-corrected chi connectivity index (χ2v) is 6.09. The zero-order valence-corrected chi connectivity index (χ0v) is 12.2. The Morgan fingerprint density at radius 1 is 0.864 bits per heavy atom. The summed E-state index contributed by atoms with van der Waals surface area (Å²) < 4.78 is 6.08.